The van der Waals surface area contributed by atoms with E-state index in [-0.39, 0.29) is 29.8 Å². The standard InChI is InChI=1S/C16H16N2O5/c19-11-5-10(6-12(20)7-11)18-16(21)17-8-13-9-22-14-3-1-2-4-15(14)23-13/h1-7,13,19-20H,8-9H2,(H2,17,18,21). The molecule has 2 aromatic carbocycles. The highest BCUT2D eigenvalue weighted by Gasteiger charge is 2.21. The van der Waals surface area contributed by atoms with Gasteiger partial charge in [-0.05, 0) is 12.1 Å². The van der Waals surface area contributed by atoms with Crippen molar-refractivity contribution in [2.75, 3.05) is 18.5 Å². The maximum Gasteiger partial charge on any atom is 0.319 e. The van der Waals surface area contributed by atoms with Crippen molar-refractivity contribution in [1.29, 1.82) is 0 Å². The summed E-state index contributed by atoms with van der Waals surface area (Å²) in [7, 11) is 0. The van der Waals surface area contributed by atoms with E-state index in [1.54, 1.807) is 6.07 Å². The first-order valence-corrected chi connectivity index (χ1v) is 7.06. The summed E-state index contributed by atoms with van der Waals surface area (Å²) in [6, 6.07) is 10.7. The lowest BCUT2D eigenvalue weighted by Gasteiger charge is -2.26. The largest absolute Gasteiger partial charge is 0.508 e. The van der Waals surface area contributed by atoms with E-state index in [1.807, 2.05) is 18.2 Å². The van der Waals surface area contributed by atoms with Gasteiger partial charge >= 0.3 is 6.03 Å². The van der Waals surface area contributed by atoms with E-state index in [0.717, 1.165) is 0 Å². The fraction of sp³-hybridized carbons (Fsp3) is 0.188. The third-order valence-corrected chi connectivity index (χ3v) is 3.22. The molecule has 1 aliphatic rings. The van der Waals surface area contributed by atoms with Crippen LogP contribution in [-0.4, -0.2) is 35.5 Å². The van der Waals surface area contributed by atoms with E-state index in [1.165, 1.54) is 18.2 Å². The number of carbonyl (C=O) groups excluding carboxylic acids is 1. The highest BCUT2D eigenvalue weighted by Crippen LogP contribution is 2.30. The van der Waals surface area contributed by atoms with Gasteiger partial charge in [0, 0.05) is 23.9 Å². The van der Waals surface area contributed by atoms with Crippen molar-refractivity contribution in [2.45, 2.75) is 6.10 Å². The highest BCUT2D eigenvalue weighted by molar-refractivity contribution is 5.89. The van der Waals surface area contributed by atoms with Crippen molar-refractivity contribution < 1.29 is 24.5 Å². The molecule has 0 aromatic heterocycles. The molecule has 0 spiro atoms. The number of anilines is 1. The van der Waals surface area contributed by atoms with Gasteiger partial charge in [0.25, 0.3) is 0 Å². The summed E-state index contributed by atoms with van der Waals surface area (Å²) < 4.78 is 11.3. The molecular formula is C16H16N2O5. The monoisotopic (exact) mass is 316 g/mol. The zero-order valence-electron chi connectivity index (χ0n) is 12.2. The molecule has 7 heteroatoms. The number of amides is 2. The van der Waals surface area contributed by atoms with E-state index in [9.17, 15) is 15.0 Å². The summed E-state index contributed by atoms with van der Waals surface area (Å²) in [5, 5.41) is 23.9. The van der Waals surface area contributed by atoms with Crippen LogP contribution in [0.25, 0.3) is 0 Å². The number of benzene rings is 2. The molecule has 120 valence electrons. The molecule has 0 saturated heterocycles. The second-order valence-electron chi connectivity index (χ2n) is 5.07. The molecule has 1 aliphatic heterocycles. The molecule has 1 heterocycles. The average molecular weight is 316 g/mol. The Kier molecular flexibility index (Phi) is 4.09. The summed E-state index contributed by atoms with van der Waals surface area (Å²) in [5.41, 5.74) is 0.283. The number of carbonyl (C=O) groups is 1. The molecule has 1 unspecified atom stereocenters. The number of hydrogen-bond donors (Lipinski definition) is 4. The predicted octanol–water partition coefficient (Wildman–Crippen LogP) is 2.06. The Labute approximate surface area is 132 Å². The molecule has 2 aromatic rings. The number of urea groups is 1. The number of phenolic OH excluding ortho intramolecular Hbond substituents is 2. The van der Waals surface area contributed by atoms with Crippen molar-refractivity contribution >= 4 is 11.7 Å². The van der Waals surface area contributed by atoms with Crippen LogP contribution in [-0.2, 0) is 0 Å². The van der Waals surface area contributed by atoms with Crippen molar-refractivity contribution in [3.63, 3.8) is 0 Å². The number of para-hydroxylation sites is 2. The van der Waals surface area contributed by atoms with Gasteiger partial charge in [-0.25, -0.2) is 4.79 Å². The van der Waals surface area contributed by atoms with Crippen LogP contribution in [0.15, 0.2) is 42.5 Å². The Morgan fingerprint density at radius 3 is 2.57 bits per heavy atom. The topological polar surface area (TPSA) is 100 Å². The van der Waals surface area contributed by atoms with Crippen LogP contribution < -0.4 is 20.1 Å². The van der Waals surface area contributed by atoms with Crippen LogP contribution in [0.5, 0.6) is 23.0 Å². The molecule has 0 bridgehead atoms. The number of ether oxygens (including phenoxy) is 2. The van der Waals surface area contributed by atoms with Crippen LogP contribution in [0, 0.1) is 0 Å². The van der Waals surface area contributed by atoms with Crippen molar-refractivity contribution in [3.05, 3.63) is 42.5 Å². The van der Waals surface area contributed by atoms with Gasteiger partial charge < -0.3 is 30.3 Å². The molecule has 0 aliphatic carbocycles. The first kappa shape index (κ1) is 14.8. The minimum absolute atomic E-state index is 0.138. The van der Waals surface area contributed by atoms with Crippen molar-refractivity contribution in [2.24, 2.45) is 0 Å². The molecule has 0 radical (unpaired) electrons. The van der Waals surface area contributed by atoms with Gasteiger partial charge in [0.15, 0.2) is 17.6 Å². The van der Waals surface area contributed by atoms with Crippen molar-refractivity contribution in [3.8, 4) is 23.0 Å². The van der Waals surface area contributed by atoms with Crippen molar-refractivity contribution in [1.82, 2.24) is 5.32 Å². The first-order chi connectivity index (χ1) is 11.1. The molecule has 4 N–H and O–H groups in total. The molecule has 1 atom stereocenters. The van der Waals surface area contributed by atoms with E-state index in [0.29, 0.717) is 18.1 Å². The Morgan fingerprint density at radius 1 is 1.13 bits per heavy atom. The van der Waals surface area contributed by atoms with Crippen LogP contribution >= 0.6 is 0 Å². The fourth-order valence-corrected chi connectivity index (χ4v) is 2.21. The Balaban J connectivity index is 1.52. The summed E-state index contributed by atoms with van der Waals surface area (Å²) in [6.07, 6.45) is -0.298. The van der Waals surface area contributed by atoms with Crippen LogP contribution in [0.2, 0.25) is 0 Å². The number of nitrogens with one attached hydrogen (secondary N) is 2. The normalized spacial score (nSPS) is 15.7. The number of phenols is 2. The van der Waals surface area contributed by atoms with Crippen LogP contribution in [0.4, 0.5) is 10.5 Å². The maximum absolute atomic E-state index is 11.8. The lowest BCUT2D eigenvalue weighted by atomic mass is 10.2. The summed E-state index contributed by atoms with van der Waals surface area (Å²) >= 11 is 0. The molecular weight excluding hydrogens is 300 g/mol. The predicted molar refractivity (Wildman–Crippen MR) is 83.1 cm³/mol. The van der Waals surface area contributed by atoms with Gasteiger partial charge in [0.1, 0.15) is 18.1 Å². The van der Waals surface area contributed by atoms with E-state index < -0.39 is 6.03 Å². The lowest BCUT2D eigenvalue weighted by Crippen LogP contribution is -2.42. The number of fused-ring (bicyclic) bond motifs is 1. The van der Waals surface area contributed by atoms with E-state index in [4.69, 9.17) is 9.47 Å². The number of rotatable bonds is 3. The Bertz CT molecular complexity index is 699. The van der Waals surface area contributed by atoms with Gasteiger partial charge in [-0.2, -0.15) is 0 Å². The van der Waals surface area contributed by atoms with E-state index >= 15 is 0 Å². The molecule has 23 heavy (non-hydrogen) atoms. The third-order valence-electron chi connectivity index (χ3n) is 3.22. The minimum Gasteiger partial charge on any atom is -0.508 e. The van der Waals surface area contributed by atoms with Gasteiger partial charge in [0.2, 0.25) is 0 Å². The molecule has 3 rings (SSSR count). The van der Waals surface area contributed by atoms with Gasteiger partial charge in [-0.15, -0.1) is 0 Å². The second-order valence-corrected chi connectivity index (χ2v) is 5.07. The van der Waals surface area contributed by atoms with Gasteiger partial charge in [-0.3, -0.25) is 0 Å². The Hall–Kier alpha value is -3.09. The number of aromatic hydroxyl groups is 2. The summed E-state index contributed by atoms with van der Waals surface area (Å²) in [6.45, 7) is 0.592. The second kappa shape index (κ2) is 6.35. The fourth-order valence-electron chi connectivity index (χ4n) is 2.21. The molecule has 2 amide bonds. The zero-order chi connectivity index (χ0) is 16.2. The van der Waals surface area contributed by atoms with Gasteiger partial charge in [0.05, 0.1) is 6.54 Å². The Morgan fingerprint density at radius 2 is 1.83 bits per heavy atom. The minimum atomic E-state index is -0.475. The lowest BCUT2D eigenvalue weighted by molar-refractivity contribution is 0.0922. The van der Waals surface area contributed by atoms with E-state index in [2.05, 4.69) is 10.6 Å². The zero-order valence-corrected chi connectivity index (χ0v) is 12.2. The summed E-state index contributed by atoms with van der Waals surface area (Å²) in [4.78, 5) is 11.8. The molecule has 7 nitrogen and oxygen atoms in total. The maximum atomic E-state index is 11.8. The average Bonchev–Trinajstić information content (AvgIpc) is 2.52. The van der Waals surface area contributed by atoms with Crippen LogP contribution in [0.1, 0.15) is 0 Å². The first-order valence-electron chi connectivity index (χ1n) is 7.06. The smallest absolute Gasteiger partial charge is 0.319 e. The molecule has 0 saturated carbocycles. The van der Waals surface area contributed by atoms with Gasteiger partial charge in [-0.1, -0.05) is 12.1 Å². The summed E-state index contributed by atoms with van der Waals surface area (Å²) in [5.74, 6) is 1.05. The molecule has 0 fully saturated rings. The quantitative estimate of drug-likeness (QED) is 0.694. The third kappa shape index (κ3) is 3.76. The van der Waals surface area contributed by atoms with Crippen LogP contribution in [0.3, 0.4) is 0 Å². The SMILES string of the molecule is O=C(NCC1COc2ccccc2O1)Nc1cc(O)cc(O)c1. The highest BCUT2D eigenvalue weighted by atomic mass is 16.6. The number of hydrogen-bond acceptors (Lipinski definition) is 5.